The first-order valence-corrected chi connectivity index (χ1v) is 19.8. The molecule has 0 aliphatic rings. The molecular formula is C24H37BF2N4O4Si2. The van der Waals surface area contributed by atoms with Crippen LogP contribution in [0.4, 0.5) is 8.78 Å². The zero-order valence-electron chi connectivity index (χ0n) is 22.5. The second-order valence-corrected chi connectivity index (χ2v) is 22.8. The molecule has 2 heterocycles. The van der Waals surface area contributed by atoms with Crippen LogP contribution in [0.15, 0.2) is 30.7 Å². The summed E-state index contributed by atoms with van der Waals surface area (Å²) in [6, 6.07) is 4.49. The van der Waals surface area contributed by atoms with Crippen molar-refractivity contribution in [2.75, 3.05) is 13.2 Å². The second kappa shape index (κ2) is 12.1. The molecule has 0 aliphatic carbocycles. The predicted molar refractivity (Wildman–Crippen MR) is 147 cm³/mol. The van der Waals surface area contributed by atoms with E-state index < -0.39 is 40.4 Å². The van der Waals surface area contributed by atoms with Crippen LogP contribution in [0.5, 0.6) is 0 Å². The van der Waals surface area contributed by atoms with E-state index in [1.54, 1.807) is 28.0 Å². The van der Waals surface area contributed by atoms with E-state index in [-0.39, 0.29) is 19.0 Å². The van der Waals surface area contributed by atoms with Crippen LogP contribution in [-0.4, -0.2) is 66.1 Å². The van der Waals surface area contributed by atoms with Crippen molar-refractivity contribution in [1.82, 2.24) is 19.6 Å². The molecule has 1 aromatic carbocycles. The van der Waals surface area contributed by atoms with Gasteiger partial charge in [0.1, 0.15) is 19.2 Å². The molecule has 2 N–H and O–H groups in total. The van der Waals surface area contributed by atoms with Crippen LogP contribution in [-0.2, 0) is 22.9 Å². The number of rotatable bonds is 13. The minimum absolute atomic E-state index is 0.0515. The Kier molecular flexibility index (Phi) is 9.64. The Bertz CT molecular complexity index is 1190. The van der Waals surface area contributed by atoms with Crippen LogP contribution in [0.25, 0.3) is 22.4 Å². The lowest BCUT2D eigenvalue weighted by molar-refractivity contribution is 0.0784. The lowest BCUT2D eigenvalue weighted by Gasteiger charge is -2.15. The van der Waals surface area contributed by atoms with Crippen LogP contribution in [0.2, 0.25) is 51.4 Å². The van der Waals surface area contributed by atoms with Crippen LogP contribution in [0.3, 0.4) is 0 Å². The third-order valence-electron chi connectivity index (χ3n) is 5.79. The van der Waals surface area contributed by atoms with E-state index in [0.717, 1.165) is 18.2 Å². The van der Waals surface area contributed by atoms with Gasteiger partial charge in [-0.05, 0) is 12.1 Å². The van der Waals surface area contributed by atoms with Gasteiger partial charge >= 0.3 is 7.12 Å². The fourth-order valence-electron chi connectivity index (χ4n) is 3.50. The van der Waals surface area contributed by atoms with Crippen molar-refractivity contribution in [2.24, 2.45) is 0 Å². The van der Waals surface area contributed by atoms with Gasteiger partial charge < -0.3 is 19.5 Å². The quantitative estimate of drug-likeness (QED) is 0.247. The van der Waals surface area contributed by atoms with Crippen LogP contribution >= 0.6 is 0 Å². The van der Waals surface area contributed by atoms with Crippen molar-refractivity contribution >= 4 is 28.7 Å². The fourth-order valence-corrected chi connectivity index (χ4v) is 5.01. The molecule has 0 aliphatic heterocycles. The van der Waals surface area contributed by atoms with Crippen LogP contribution < -0.4 is 5.46 Å². The third kappa shape index (κ3) is 8.42. The molecule has 2 aromatic heterocycles. The topological polar surface area (TPSA) is 94.6 Å². The summed E-state index contributed by atoms with van der Waals surface area (Å²) in [4.78, 5) is 0. The van der Waals surface area contributed by atoms with Crippen LogP contribution in [0, 0.1) is 11.6 Å². The molecule has 3 rings (SSSR count). The number of aromatic nitrogens is 4. The maximum Gasteiger partial charge on any atom is 0.491 e. The van der Waals surface area contributed by atoms with E-state index >= 15 is 4.39 Å². The molecule has 0 radical (unpaired) electrons. The van der Waals surface area contributed by atoms with E-state index in [1.165, 1.54) is 6.07 Å². The van der Waals surface area contributed by atoms with E-state index in [1.807, 2.05) is 0 Å². The molecule has 202 valence electrons. The van der Waals surface area contributed by atoms with Crippen LogP contribution in [0.1, 0.15) is 0 Å². The summed E-state index contributed by atoms with van der Waals surface area (Å²) in [5.41, 5.74) is 0.759. The van der Waals surface area contributed by atoms with Crippen molar-refractivity contribution in [3.05, 3.63) is 42.4 Å². The first-order chi connectivity index (χ1) is 17.2. The Morgan fingerprint density at radius 3 is 2.00 bits per heavy atom. The van der Waals surface area contributed by atoms with E-state index in [4.69, 9.17) is 9.47 Å². The van der Waals surface area contributed by atoms with Gasteiger partial charge in [-0.2, -0.15) is 10.2 Å². The summed E-state index contributed by atoms with van der Waals surface area (Å²) in [5.74, 6) is -2.50. The highest BCUT2D eigenvalue weighted by Gasteiger charge is 2.25. The van der Waals surface area contributed by atoms with Crippen molar-refractivity contribution in [3.8, 4) is 22.4 Å². The van der Waals surface area contributed by atoms with Gasteiger partial charge in [-0.1, -0.05) is 51.4 Å². The minimum Gasteiger partial charge on any atom is -0.423 e. The number of halogens is 2. The minimum atomic E-state index is -2.12. The standard InChI is InChI=1S/C24H37BF2N4O4Si2/c1-36(2,3)11-9-34-16-30-14-18(13-28-30)24-20(15-31(29-24)17-35-10-12-37(4,5)6)19-7-8-21(25(32)33)23(27)22(19)26/h7-8,13-15,32-33H,9-12,16-17H2,1-6H3. The Balaban J connectivity index is 1.88. The Labute approximate surface area is 219 Å². The number of nitrogens with zero attached hydrogens (tertiary/aromatic N) is 4. The number of hydrogen-bond acceptors (Lipinski definition) is 6. The number of ether oxygens (including phenoxy) is 2. The largest absolute Gasteiger partial charge is 0.491 e. The maximum absolute atomic E-state index is 15.1. The molecule has 0 saturated heterocycles. The van der Waals surface area contributed by atoms with Gasteiger partial charge in [0.2, 0.25) is 0 Å². The van der Waals surface area contributed by atoms with Gasteiger partial charge in [0.05, 0.1) is 6.20 Å². The SMILES string of the molecule is C[Si](C)(C)CCOCn1cc(-c2nn(COCC[Si](C)(C)C)cc2-c2ccc(B(O)O)c(F)c2F)cn1. The highest BCUT2D eigenvalue weighted by molar-refractivity contribution is 6.76. The predicted octanol–water partition coefficient (Wildman–Crippen LogP) is 4.00. The molecule has 0 atom stereocenters. The van der Waals surface area contributed by atoms with Crippen molar-refractivity contribution in [2.45, 2.75) is 64.8 Å². The Morgan fingerprint density at radius 1 is 0.838 bits per heavy atom. The molecule has 37 heavy (non-hydrogen) atoms. The summed E-state index contributed by atoms with van der Waals surface area (Å²) < 4.78 is 44.4. The van der Waals surface area contributed by atoms with Crippen molar-refractivity contribution in [1.29, 1.82) is 0 Å². The lowest BCUT2D eigenvalue weighted by Crippen LogP contribution is -2.33. The zero-order chi connectivity index (χ0) is 27.4. The van der Waals surface area contributed by atoms with Crippen molar-refractivity contribution in [3.63, 3.8) is 0 Å². The average Bonchev–Trinajstić information content (AvgIpc) is 3.41. The number of benzene rings is 1. The molecule has 0 fully saturated rings. The molecule has 0 saturated carbocycles. The van der Waals surface area contributed by atoms with Gasteiger partial charge in [0.15, 0.2) is 11.6 Å². The third-order valence-corrected chi connectivity index (χ3v) is 9.20. The smallest absolute Gasteiger partial charge is 0.423 e. The summed E-state index contributed by atoms with van der Waals surface area (Å²) in [6.45, 7) is 15.3. The molecule has 0 unspecified atom stereocenters. The zero-order valence-corrected chi connectivity index (χ0v) is 24.5. The number of hydrogen-bond donors (Lipinski definition) is 2. The van der Waals surface area contributed by atoms with Gasteiger partial charge in [-0.3, -0.25) is 0 Å². The summed E-state index contributed by atoms with van der Waals surface area (Å²) >= 11 is 0. The molecule has 3 aromatic rings. The summed E-state index contributed by atoms with van der Waals surface area (Å²) in [6.07, 6.45) is 4.94. The maximum atomic E-state index is 15.1. The molecular weight excluding hydrogens is 513 g/mol. The van der Waals surface area contributed by atoms with Gasteiger partial charge in [0.25, 0.3) is 0 Å². The van der Waals surface area contributed by atoms with E-state index in [2.05, 4.69) is 49.5 Å². The normalized spacial score (nSPS) is 12.4. The highest BCUT2D eigenvalue weighted by Crippen LogP contribution is 2.33. The molecule has 0 amide bonds. The molecule has 0 spiro atoms. The van der Waals surface area contributed by atoms with Gasteiger partial charge in [-0.25, -0.2) is 18.1 Å². The van der Waals surface area contributed by atoms with Gasteiger partial charge in [-0.15, -0.1) is 0 Å². The van der Waals surface area contributed by atoms with Crippen molar-refractivity contribution < 1.29 is 28.3 Å². The highest BCUT2D eigenvalue weighted by atomic mass is 28.3. The first kappa shape index (κ1) is 29.4. The average molecular weight is 551 g/mol. The summed E-state index contributed by atoms with van der Waals surface area (Å²) in [5, 5.41) is 27.6. The fraction of sp³-hybridized carbons (Fsp3) is 0.500. The lowest BCUT2D eigenvalue weighted by atomic mass is 9.79. The van der Waals surface area contributed by atoms with E-state index in [0.29, 0.717) is 30.0 Å². The Hall–Kier alpha value is -2.16. The van der Waals surface area contributed by atoms with E-state index in [9.17, 15) is 14.4 Å². The molecule has 13 heteroatoms. The summed E-state index contributed by atoms with van der Waals surface area (Å²) in [7, 11) is -4.59. The first-order valence-electron chi connectivity index (χ1n) is 12.4. The Morgan fingerprint density at radius 2 is 1.43 bits per heavy atom. The second-order valence-electron chi connectivity index (χ2n) is 11.6. The molecule has 0 bridgehead atoms. The monoisotopic (exact) mass is 550 g/mol. The molecule has 8 nitrogen and oxygen atoms in total. The van der Waals surface area contributed by atoms with Gasteiger partial charge in [0, 0.05) is 63.9 Å².